The van der Waals surface area contributed by atoms with E-state index < -0.39 is 0 Å². The van der Waals surface area contributed by atoms with E-state index in [0.29, 0.717) is 13.0 Å². The lowest BCUT2D eigenvalue weighted by atomic mass is 10.1. The molecule has 114 valence electrons. The molecule has 0 spiro atoms. The lowest BCUT2D eigenvalue weighted by Gasteiger charge is -2.18. The normalized spacial score (nSPS) is 10.6. The number of benzene rings is 1. The van der Waals surface area contributed by atoms with Crippen LogP contribution in [0.25, 0.3) is 0 Å². The zero-order valence-electron chi connectivity index (χ0n) is 12.4. The van der Waals surface area contributed by atoms with Crippen molar-refractivity contribution in [3.05, 3.63) is 29.8 Å². The van der Waals surface area contributed by atoms with Crippen LogP contribution in [0.4, 0.5) is 0 Å². The monoisotopic (exact) mass is 300 g/mol. The molecule has 5 heteroatoms. The predicted octanol–water partition coefficient (Wildman–Crippen LogP) is 2.29. The van der Waals surface area contributed by atoms with Crippen LogP contribution < -0.4 is 15.8 Å². The van der Waals surface area contributed by atoms with E-state index in [9.17, 15) is 4.79 Å². The van der Waals surface area contributed by atoms with Crippen LogP contribution in [-0.2, 0) is 11.2 Å². The topological polar surface area (TPSA) is 64.3 Å². The molecular formula is C15H25ClN2O2. The first-order valence-electron chi connectivity index (χ1n) is 6.59. The molecule has 0 atom stereocenters. The first kappa shape index (κ1) is 18.7. The van der Waals surface area contributed by atoms with Crippen molar-refractivity contribution in [1.29, 1.82) is 0 Å². The summed E-state index contributed by atoms with van der Waals surface area (Å²) in [6, 6.07) is 7.93. The second-order valence-electron chi connectivity index (χ2n) is 5.47. The van der Waals surface area contributed by atoms with Crippen molar-refractivity contribution in [2.45, 2.75) is 38.6 Å². The molecule has 0 fully saturated rings. The van der Waals surface area contributed by atoms with E-state index >= 15 is 0 Å². The van der Waals surface area contributed by atoms with Gasteiger partial charge in [0.05, 0.1) is 7.11 Å². The lowest BCUT2D eigenvalue weighted by molar-refractivity contribution is -0.121. The Hall–Kier alpha value is -1.26. The van der Waals surface area contributed by atoms with Crippen LogP contribution in [0.1, 0.15) is 32.3 Å². The summed E-state index contributed by atoms with van der Waals surface area (Å²) in [6.07, 6.45) is 2.26. The fourth-order valence-corrected chi connectivity index (χ4v) is 1.66. The van der Waals surface area contributed by atoms with Gasteiger partial charge in [0.15, 0.2) is 0 Å². The largest absolute Gasteiger partial charge is 0.497 e. The van der Waals surface area contributed by atoms with E-state index in [2.05, 4.69) is 5.32 Å². The number of halogens is 1. The molecular weight excluding hydrogens is 276 g/mol. The fraction of sp³-hybridized carbons (Fsp3) is 0.533. The van der Waals surface area contributed by atoms with Crippen molar-refractivity contribution in [3.63, 3.8) is 0 Å². The van der Waals surface area contributed by atoms with Crippen LogP contribution in [-0.4, -0.2) is 25.1 Å². The smallest absolute Gasteiger partial charge is 0.220 e. The predicted molar refractivity (Wildman–Crippen MR) is 84.5 cm³/mol. The molecule has 1 amide bonds. The van der Waals surface area contributed by atoms with Crippen LogP contribution >= 0.6 is 12.4 Å². The van der Waals surface area contributed by atoms with Gasteiger partial charge < -0.3 is 15.8 Å². The molecule has 0 aliphatic carbocycles. The average molecular weight is 301 g/mol. The van der Waals surface area contributed by atoms with E-state index in [-0.39, 0.29) is 23.9 Å². The molecule has 0 heterocycles. The Bertz CT molecular complexity index is 399. The SMILES string of the molecule is COc1ccc(CCCC(=O)NCC(C)(C)N)cc1.Cl. The second-order valence-corrected chi connectivity index (χ2v) is 5.47. The summed E-state index contributed by atoms with van der Waals surface area (Å²) >= 11 is 0. The third-order valence-corrected chi connectivity index (χ3v) is 2.77. The molecule has 20 heavy (non-hydrogen) atoms. The number of carbonyl (C=O) groups excluding carboxylic acids is 1. The van der Waals surface area contributed by atoms with Gasteiger partial charge in [0.25, 0.3) is 0 Å². The van der Waals surface area contributed by atoms with Crippen molar-refractivity contribution in [2.75, 3.05) is 13.7 Å². The van der Waals surface area contributed by atoms with Gasteiger partial charge in [-0.15, -0.1) is 12.4 Å². The van der Waals surface area contributed by atoms with Gasteiger partial charge in [-0.2, -0.15) is 0 Å². The van der Waals surface area contributed by atoms with Crippen LogP contribution in [0.2, 0.25) is 0 Å². The van der Waals surface area contributed by atoms with Gasteiger partial charge in [0.1, 0.15) is 5.75 Å². The Morgan fingerprint density at radius 3 is 2.40 bits per heavy atom. The molecule has 1 rings (SSSR count). The number of amides is 1. The van der Waals surface area contributed by atoms with Crippen LogP contribution in [0.3, 0.4) is 0 Å². The van der Waals surface area contributed by atoms with E-state index in [4.69, 9.17) is 10.5 Å². The highest BCUT2D eigenvalue weighted by Crippen LogP contribution is 2.13. The molecule has 0 aromatic heterocycles. The van der Waals surface area contributed by atoms with Crippen molar-refractivity contribution in [1.82, 2.24) is 5.32 Å². The molecule has 0 bridgehead atoms. The van der Waals surface area contributed by atoms with Crippen molar-refractivity contribution in [2.24, 2.45) is 5.73 Å². The van der Waals surface area contributed by atoms with E-state index in [1.54, 1.807) is 7.11 Å². The van der Waals surface area contributed by atoms with Crippen molar-refractivity contribution in [3.8, 4) is 5.75 Å². The summed E-state index contributed by atoms with van der Waals surface area (Å²) in [4.78, 5) is 11.6. The summed E-state index contributed by atoms with van der Waals surface area (Å²) < 4.78 is 5.10. The maximum absolute atomic E-state index is 11.6. The highest BCUT2D eigenvalue weighted by Gasteiger charge is 2.11. The number of rotatable bonds is 7. The van der Waals surface area contributed by atoms with Gasteiger partial charge in [-0.1, -0.05) is 12.1 Å². The van der Waals surface area contributed by atoms with Gasteiger partial charge in [-0.3, -0.25) is 4.79 Å². The first-order chi connectivity index (χ1) is 8.90. The summed E-state index contributed by atoms with van der Waals surface area (Å²) in [5, 5.41) is 2.84. The summed E-state index contributed by atoms with van der Waals surface area (Å²) in [5.74, 6) is 0.915. The number of hydrogen-bond donors (Lipinski definition) is 2. The Morgan fingerprint density at radius 1 is 1.30 bits per heavy atom. The van der Waals surface area contributed by atoms with Gasteiger partial charge in [-0.05, 0) is 44.4 Å². The molecule has 0 saturated heterocycles. The van der Waals surface area contributed by atoms with Gasteiger partial charge in [0.2, 0.25) is 5.91 Å². The van der Waals surface area contributed by atoms with Gasteiger partial charge in [-0.25, -0.2) is 0 Å². The zero-order valence-corrected chi connectivity index (χ0v) is 13.3. The summed E-state index contributed by atoms with van der Waals surface area (Å²) in [7, 11) is 1.65. The highest BCUT2D eigenvalue weighted by molar-refractivity contribution is 5.85. The third-order valence-electron chi connectivity index (χ3n) is 2.77. The minimum atomic E-state index is -0.356. The molecule has 0 unspecified atom stereocenters. The van der Waals surface area contributed by atoms with E-state index in [0.717, 1.165) is 18.6 Å². The molecule has 0 aliphatic heterocycles. The Kier molecular flexibility index (Phi) is 8.26. The molecule has 0 radical (unpaired) electrons. The van der Waals surface area contributed by atoms with E-state index in [1.807, 2.05) is 38.1 Å². The molecule has 0 saturated carbocycles. The van der Waals surface area contributed by atoms with Crippen LogP contribution in [0, 0.1) is 0 Å². The molecule has 1 aromatic carbocycles. The summed E-state index contributed by atoms with van der Waals surface area (Å²) in [6.45, 7) is 4.30. The number of nitrogens with two attached hydrogens (primary N) is 1. The number of hydrogen-bond acceptors (Lipinski definition) is 3. The number of ether oxygens (including phenoxy) is 1. The number of carbonyl (C=O) groups is 1. The molecule has 1 aromatic rings. The first-order valence-corrected chi connectivity index (χ1v) is 6.59. The minimum Gasteiger partial charge on any atom is -0.497 e. The second kappa shape index (κ2) is 8.82. The van der Waals surface area contributed by atoms with Crippen molar-refractivity contribution < 1.29 is 9.53 Å². The Balaban J connectivity index is 0.00000361. The maximum atomic E-state index is 11.6. The molecule has 0 aliphatic rings. The number of aryl methyl sites for hydroxylation is 1. The molecule has 4 nitrogen and oxygen atoms in total. The fourth-order valence-electron chi connectivity index (χ4n) is 1.66. The minimum absolute atomic E-state index is 0. The average Bonchev–Trinajstić information content (AvgIpc) is 2.36. The third kappa shape index (κ3) is 8.02. The summed E-state index contributed by atoms with van der Waals surface area (Å²) in [5.41, 5.74) is 6.66. The quantitative estimate of drug-likeness (QED) is 0.812. The Morgan fingerprint density at radius 2 is 1.90 bits per heavy atom. The van der Waals surface area contributed by atoms with Gasteiger partial charge in [0, 0.05) is 18.5 Å². The standard InChI is InChI=1S/C15H24N2O2.ClH/c1-15(2,16)11-17-14(18)6-4-5-12-7-9-13(19-3)10-8-12;/h7-10H,4-6,11,16H2,1-3H3,(H,17,18);1H. The van der Waals surface area contributed by atoms with E-state index in [1.165, 1.54) is 5.56 Å². The zero-order chi connectivity index (χ0) is 14.3. The van der Waals surface area contributed by atoms with Crippen molar-refractivity contribution >= 4 is 18.3 Å². The van der Waals surface area contributed by atoms with Crippen LogP contribution in [0.15, 0.2) is 24.3 Å². The van der Waals surface area contributed by atoms with Crippen LogP contribution in [0.5, 0.6) is 5.75 Å². The lowest BCUT2D eigenvalue weighted by Crippen LogP contribution is -2.45. The van der Waals surface area contributed by atoms with Gasteiger partial charge >= 0.3 is 0 Å². The number of methoxy groups -OCH3 is 1. The highest BCUT2D eigenvalue weighted by atomic mass is 35.5. The Labute approximate surface area is 127 Å². The maximum Gasteiger partial charge on any atom is 0.220 e. The molecule has 3 N–H and O–H groups in total. The number of nitrogens with one attached hydrogen (secondary N) is 1.